The quantitative estimate of drug-likeness (QED) is 0.849. The van der Waals surface area contributed by atoms with E-state index in [-0.39, 0.29) is 0 Å². The number of nitrogens with zero attached hydrogens (tertiary/aromatic N) is 3. The Morgan fingerprint density at radius 2 is 1.68 bits per heavy atom. The molecule has 0 saturated carbocycles. The Morgan fingerprint density at radius 1 is 1.00 bits per heavy atom. The Hall–Kier alpha value is -1.26. The van der Waals surface area contributed by atoms with Gasteiger partial charge < -0.3 is 14.5 Å². The van der Waals surface area contributed by atoms with E-state index in [1.807, 2.05) is 0 Å². The number of likely N-dealkylation sites (tertiary alicyclic amines) is 1. The summed E-state index contributed by atoms with van der Waals surface area (Å²) in [5.74, 6) is 1.03. The van der Waals surface area contributed by atoms with Crippen molar-refractivity contribution in [2.24, 2.45) is 0 Å². The van der Waals surface area contributed by atoms with E-state index < -0.39 is 0 Å². The van der Waals surface area contributed by atoms with Crippen LogP contribution in [0.25, 0.3) is 0 Å². The van der Waals surface area contributed by atoms with Gasteiger partial charge in [0.15, 0.2) is 0 Å². The summed E-state index contributed by atoms with van der Waals surface area (Å²) in [6.07, 6.45) is 2.65. The predicted octanol–water partition coefficient (Wildman–Crippen LogP) is 2.30. The van der Waals surface area contributed by atoms with Gasteiger partial charge in [0.2, 0.25) is 0 Å². The molecule has 4 heteroatoms. The summed E-state index contributed by atoms with van der Waals surface area (Å²) >= 11 is 0. The van der Waals surface area contributed by atoms with E-state index in [2.05, 4.69) is 52.9 Å². The van der Waals surface area contributed by atoms with Crippen molar-refractivity contribution < 1.29 is 4.74 Å². The molecule has 2 saturated heterocycles. The van der Waals surface area contributed by atoms with Crippen LogP contribution in [0.1, 0.15) is 19.8 Å². The molecular formula is C18H29N3O. The van der Waals surface area contributed by atoms with Crippen LogP contribution in [-0.4, -0.2) is 68.8 Å². The normalized spacial score (nSPS) is 22.0. The molecule has 2 aliphatic heterocycles. The summed E-state index contributed by atoms with van der Waals surface area (Å²) in [5, 5.41) is 0. The summed E-state index contributed by atoms with van der Waals surface area (Å²) in [4.78, 5) is 7.63. The van der Waals surface area contributed by atoms with Crippen molar-refractivity contribution in [2.45, 2.75) is 25.8 Å². The van der Waals surface area contributed by atoms with E-state index >= 15 is 0 Å². The minimum atomic E-state index is 0.729. The van der Waals surface area contributed by atoms with Crippen molar-refractivity contribution in [1.29, 1.82) is 0 Å². The molecule has 0 amide bonds. The van der Waals surface area contributed by atoms with Gasteiger partial charge in [0.1, 0.15) is 5.75 Å². The second-order valence-electron chi connectivity index (χ2n) is 6.46. The van der Waals surface area contributed by atoms with Crippen LogP contribution in [-0.2, 0) is 0 Å². The fraction of sp³-hybridized carbons (Fsp3) is 0.667. The minimum absolute atomic E-state index is 0.729. The van der Waals surface area contributed by atoms with E-state index in [0.29, 0.717) is 0 Å². The molecule has 3 rings (SSSR count). The van der Waals surface area contributed by atoms with Crippen molar-refractivity contribution in [3.05, 3.63) is 24.3 Å². The topological polar surface area (TPSA) is 19.0 Å². The van der Waals surface area contributed by atoms with Crippen LogP contribution in [0.3, 0.4) is 0 Å². The van der Waals surface area contributed by atoms with Gasteiger partial charge in [0, 0.05) is 32.2 Å². The summed E-state index contributed by atoms with van der Waals surface area (Å²) < 4.78 is 5.78. The van der Waals surface area contributed by atoms with Crippen LogP contribution in [0.2, 0.25) is 0 Å². The van der Waals surface area contributed by atoms with Gasteiger partial charge in [0.25, 0.3) is 0 Å². The van der Waals surface area contributed by atoms with Gasteiger partial charge in [-0.1, -0.05) is 12.1 Å². The first-order valence-electron chi connectivity index (χ1n) is 8.67. The summed E-state index contributed by atoms with van der Waals surface area (Å²) in [5.41, 5.74) is 1.26. The van der Waals surface area contributed by atoms with Crippen molar-refractivity contribution in [3.63, 3.8) is 0 Å². The van der Waals surface area contributed by atoms with Crippen molar-refractivity contribution in [3.8, 4) is 5.75 Å². The molecule has 22 heavy (non-hydrogen) atoms. The molecule has 1 aromatic carbocycles. The van der Waals surface area contributed by atoms with E-state index in [1.54, 1.807) is 0 Å². The number of rotatable bonds is 4. The van der Waals surface area contributed by atoms with Crippen LogP contribution >= 0.6 is 0 Å². The maximum Gasteiger partial charge on any atom is 0.142 e. The Bertz CT molecular complexity index is 463. The van der Waals surface area contributed by atoms with E-state index in [1.165, 1.54) is 44.7 Å². The fourth-order valence-corrected chi connectivity index (χ4v) is 3.68. The number of benzene rings is 1. The molecule has 0 N–H and O–H groups in total. The van der Waals surface area contributed by atoms with Crippen LogP contribution in [0.15, 0.2) is 24.3 Å². The van der Waals surface area contributed by atoms with E-state index in [9.17, 15) is 0 Å². The van der Waals surface area contributed by atoms with Gasteiger partial charge >= 0.3 is 0 Å². The van der Waals surface area contributed by atoms with Crippen LogP contribution < -0.4 is 9.64 Å². The van der Waals surface area contributed by atoms with Gasteiger partial charge in [-0.05, 0) is 52.0 Å². The number of piperazine rings is 1. The molecule has 0 unspecified atom stereocenters. The molecule has 2 fully saturated rings. The molecule has 4 nitrogen and oxygen atoms in total. The maximum absolute atomic E-state index is 5.78. The lowest BCUT2D eigenvalue weighted by molar-refractivity contribution is 0.115. The second kappa shape index (κ2) is 7.34. The average molecular weight is 303 g/mol. The molecule has 1 aromatic rings. The Labute approximate surface area is 134 Å². The number of hydrogen-bond donors (Lipinski definition) is 0. The second-order valence-corrected chi connectivity index (χ2v) is 6.46. The Kier molecular flexibility index (Phi) is 5.21. The Morgan fingerprint density at radius 3 is 2.36 bits per heavy atom. The largest absolute Gasteiger partial charge is 0.492 e. The molecule has 0 atom stereocenters. The highest BCUT2D eigenvalue weighted by atomic mass is 16.5. The maximum atomic E-state index is 5.78. The molecule has 0 radical (unpaired) electrons. The standard InChI is InChI=1S/C18H29N3O/c1-3-22-18-7-5-4-6-17(18)21-14-12-20(13-15-21)16-8-10-19(2)11-9-16/h4-7,16H,3,8-15H2,1-2H3. The number of ether oxygens (including phenoxy) is 1. The highest BCUT2D eigenvalue weighted by molar-refractivity contribution is 5.58. The summed E-state index contributed by atoms with van der Waals surface area (Å²) in [6.45, 7) is 9.84. The third-order valence-corrected chi connectivity index (χ3v) is 5.02. The number of hydrogen-bond acceptors (Lipinski definition) is 4. The van der Waals surface area contributed by atoms with Crippen LogP contribution in [0.5, 0.6) is 5.75 Å². The van der Waals surface area contributed by atoms with Crippen molar-refractivity contribution in [2.75, 3.05) is 57.8 Å². The molecule has 0 aliphatic carbocycles. The molecule has 2 heterocycles. The third-order valence-electron chi connectivity index (χ3n) is 5.02. The third kappa shape index (κ3) is 3.55. The van der Waals surface area contributed by atoms with Gasteiger partial charge in [-0.15, -0.1) is 0 Å². The highest BCUT2D eigenvalue weighted by Crippen LogP contribution is 2.29. The van der Waals surface area contributed by atoms with Gasteiger partial charge in [-0.2, -0.15) is 0 Å². The summed E-state index contributed by atoms with van der Waals surface area (Å²) in [7, 11) is 2.23. The first-order chi connectivity index (χ1) is 10.8. The van der Waals surface area contributed by atoms with E-state index in [4.69, 9.17) is 4.74 Å². The SMILES string of the molecule is CCOc1ccccc1N1CCN(C2CCN(C)CC2)CC1. The van der Waals surface area contributed by atoms with Crippen LogP contribution in [0, 0.1) is 0 Å². The van der Waals surface area contributed by atoms with Crippen molar-refractivity contribution >= 4 is 5.69 Å². The smallest absolute Gasteiger partial charge is 0.142 e. The molecule has 0 aromatic heterocycles. The first-order valence-corrected chi connectivity index (χ1v) is 8.67. The monoisotopic (exact) mass is 303 g/mol. The average Bonchev–Trinajstić information content (AvgIpc) is 2.57. The molecule has 2 aliphatic rings. The number of anilines is 1. The van der Waals surface area contributed by atoms with Gasteiger partial charge in [0.05, 0.1) is 12.3 Å². The zero-order valence-electron chi connectivity index (χ0n) is 14.0. The minimum Gasteiger partial charge on any atom is -0.492 e. The van der Waals surface area contributed by atoms with Gasteiger partial charge in [-0.25, -0.2) is 0 Å². The molecule has 122 valence electrons. The van der Waals surface area contributed by atoms with Gasteiger partial charge in [-0.3, -0.25) is 4.90 Å². The zero-order chi connectivity index (χ0) is 15.4. The predicted molar refractivity (Wildman–Crippen MR) is 91.9 cm³/mol. The molecule has 0 bridgehead atoms. The lowest BCUT2D eigenvalue weighted by atomic mass is 10.0. The first kappa shape index (κ1) is 15.6. The van der Waals surface area contributed by atoms with E-state index in [0.717, 1.165) is 31.5 Å². The lowest BCUT2D eigenvalue weighted by Crippen LogP contribution is -2.53. The number of para-hydroxylation sites is 2. The van der Waals surface area contributed by atoms with Crippen LogP contribution in [0.4, 0.5) is 5.69 Å². The molecular weight excluding hydrogens is 274 g/mol. The highest BCUT2D eigenvalue weighted by Gasteiger charge is 2.27. The van der Waals surface area contributed by atoms with Crippen molar-refractivity contribution in [1.82, 2.24) is 9.80 Å². The fourth-order valence-electron chi connectivity index (χ4n) is 3.68. The zero-order valence-corrected chi connectivity index (χ0v) is 14.0. The lowest BCUT2D eigenvalue weighted by Gasteiger charge is -2.43. The Balaban J connectivity index is 1.58. The number of piperidine rings is 1. The molecule has 0 spiro atoms. The summed E-state index contributed by atoms with van der Waals surface area (Å²) in [6, 6.07) is 9.24.